The van der Waals surface area contributed by atoms with Gasteiger partial charge in [0.05, 0.1) is 0 Å². The minimum absolute atomic E-state index is 0.183. The van der Waals surface area contributed by atoms with Gasteiger partial charge < -0.3 is 5.73 Å². The molecule has 18 heavy (non-hydrogen) atoms. The van der Waals surface area contributed by atoms with E-state index in [4.69, 9.17) is 5.73 Å². The van der Waals surface area contributed by atoms with E-state index in [1.807, 2.05) is 16.4 Å². The number of thioether (sulfide) groups is 2. The van der Waals surface area contributed by atoms with Gasteiger partial charge in [-0.15, -0.1) is 0 Å². The van der Waals surface area contributed by atoms with Crippen LogP contribution in [0.25, 0.3) is 0 Å². The number of nitrogens with two attached hydrogens (primary N) is 1. The molecule has 0 amide bonds. The highest BCUT2D eigenvalue weighted by molar-refractivity contribution is 8.07. The Balaban J connectivity index is 1.99. The molecule has 0 spiro atoms. The molecule has 0 aliphatic carbocycles. The van der Waals surface area contributed by atoms with Crippen molar-refractivity contribution in [1.29, 1.82) is 0 Å². The van der Waals surface area contributed by atoms with Crippen molar-refractivity contribution in [3.63, 3.8) is 0 Å². The maximum atomic E-state index is 6.41. The van der Waals surface area contributed by atoms with Crippen LogP contribution in [0, 0.1) is 0 Å². The van der Waals surface area contributed by atoms with Crippen molar-refractivity contribution in [1.82, 2.24) is 14.8 Å². The van der Waals surface area contributed by atoms with Crippen molar-refractivity contribution in [3.8, 4) is 0 Å². The summed E-state index contributed by atoms with van der Waals surface area (Å²) in [5.74, 6) is 3.51. The fraction of sp³-hybridized carbons (Fsp3) is 0.833. The molecule has 2 rings (SSSR count). The lowest BCUT2D eigenvalue weighted by molar-refractivity contribution is 0.544. The molecule has 0 radical (unpaired) electrons. The maximum absolute atomic E-state index is 6.41. The van der Waals surface area contributed by atoms with Gasteiger partial charge >= 0.3 is 0 Å². The predicted octanol–water partition coefficient (Wildman–Crippen LogP) is 1.79. The minimum Gasteiger partial charge on any atom is -0.326 e. The largest absolute Gasteiger partial charge is 0.326 e. The van der Waals surface area contributed by atoms with E-state index < -0.39 is 0 Å². The van der Waals surface area contributed by atoms with Crippen molar-refractivity contribution in [3.05, 3.63) is 12.2 Å². The van der Waals surface area contributed by atoms with Gasteiger partial charge in [0, 0.05) is 41.0 Å². The highest BCUT2D eigenvalue weighted by Crippen LogP contribution is 2.35. The summed E-state index contributed by atoms with van der Waals surface area (Å²) in [6, 6.07) is 0.183. The Morgan fingerprint density at radius 2 is 2.22 bits per heavy atom. The first-order chi connectivity index (χ1) is 8.76. The van der Waals surface area contributed by atoms with Gasteiger partial charge in [-0.25, -0.2) is 4.98 Å². The average Bonchev–Trinajstić information content (AvgIpc) is 2.85. The molecule has 6 heteroatoms. The molecule has 1 aliphatic heterocycles. The van der Waals surface area contributed by atoms with Crippen LogP contribution in [0.1, 0.15) is 26.1 Å². The molecule has 4 nitrogen and oxygen atoms in total. The van der Waals surface area contributed by atoms with E-state index in [1.165, 1.54) is 17.9 Å². The van der Waals surface area contributed by atoms with Gasteiger partial charge in [0.2, 0.25) is 0 Å². The second-order valence-corrected chi connectivity index (χ2v) is 7.15. The lowest BCUT2D eigenvalue weighted by Crippen LogP contribution is -2.43. The number of rotatable bonds is 5. The Morgan fingerprint density at radius 3 is 2.94 bits per heavy atom. The van der Waals surface area contributed by atoms with E-state index in [2.05, 4.69) is 35.7 Å². The standard InChI is InChI=1S/C12H22N4S2/c1-3-10-12(18-6-5-17-10)9(13)7-11-14-8-15-16(11)4-2/h8-10,12H,3-7,13H2,1-2H3. The minimum atomic E-state index is 0.183. The van der Waals surface area contributed by atoms with Crippen LogP contribution >= 0.6 is 23.5 Å². The molecule has 1 fully saturated rings. The predicted molar refractivity (Wildman–Crippen MR) is 80.2 cm³/mol. The lowest BCUT2D eigenvalue weighted by Gasteiger charge is -2.33. The van der Waals surface area contributed by atoms with Crippen LogP contribution in [-0.2, 0) is 13.0 Å². The summed E-state index contributed by atoms with van der Waals surface area (Å²) in [5, 5.41) is 5.45. The molecule has 2 N–H and O–H groups in total. The smallest absolute Gasteiger partial charge is 0.138 e. The molecule has 1 aliphatic rings. The first-order valence-corrected chi connectivity index (χ1v) is 8.71. The second-order valence-electron chi connectivity index (χ2n) is 4.51. The molecular weight excluding hydrogens is 264 g/mol. The van der Waals surface area contributed by atoms with Crippen LogP contribution in [-0.4, -0.2) is 42.8 Å². The fourth-order valence-corrected chi connectivity index (χ4v) is 5.57. The molecule has 0 bridgehead atoms. The number of aromatic nitrogens is 3. The van der Waals surface area contributed by atoms with Crippen molar-refractivity contribution >= 4 is 23.5 Å². The molecule has 1 saturated heterocycles. The Bertz CT molecular complexity index is 369. The van der Waals surface area contributed by atoms with Crippen LogP contribution in [0.4, 0.5) is 0 Å². The average molecular weight is 286 g/mol. The zero-order valence-electron chi connectivity index (χ0n) is 11.1. The zero-order valence-corrected chi connectivity index (χ0v) is 12.7. The number of aryl methyl sites for hydroxylation is 1. The highest BCUT2D eigenvalue weighted by Gasteiger charge is 2.30. The normalized spacial score (nSPS) is 26.2. The van der Waals surface area contributed by atoms with Crippen molar-refractivity contribution in [2.45, 2.75) is 49.8 Å². The lowest BCUT2D eigenvalue weighted by atomic mass is 10.1. The van der Waals surface area contributed by atoms with Gasteiger partial charge in [0.1, 0.15) is 12.2 Å². The molecule has 0 aromatic carbocycles. The van der Waals surface area contributed by atoms with E-state index in [0.29, 0.717) is 10.5 Å². The van der Waals surface area contributed by atoms with Gasteiger partial charge in [-0.2, -0.15) is 28.6 Å². The third-order valence-corrected chi connectivity index (χ3v) is 6.76. The van der Waals surface area contributed by atoms with Crippen LogP contribution in [0.15, 0.2) is 6.33 Å². The Morgan fingerprint density at radius 1 is 1.44 bits per heavy atom. The van der Waals surface area contributed by atoms with Gasteiger partial charge in [-0.05, 0) is 13.3 Å². The Labute approximate surface area is 117 Å². The third kappa shape index (κ3) is 3.22. The SMILES string of the molecule is CCC1SCCSC1C(N)Cc1ncnn1CC. The van der Waals surface area contributed by atoms with Crippen LogP contribution in [0.3, 0.4) is 0 Å². The monoisotopic (exact) mass is 286 g/mol. The molecule has 3 unspecified atom stereocenters. The van der Waals surface area contributed by atoms with Gasteiger partial charge in [0.15, 0.2) is 0 Å². The quantitative estimate of drug-likeness (QED) is 0.894. The van der Waals surface area contributed by atoms with Gasteiger partial charge in [0.25, 0.3) is 0 Å². The van der Waals surface area contributed by atoms with E-state index in [9.17, 15) is 0 Å². The van der Waals surface area contributed by atoms with Crippen LogP contribution in [0.2, 0.25) is 0 Å². The molecule has 1 aromatic heterocycles. The summed E-state index contributed by atoms with van der Waals surface area (Å²) in [4.78, 5) is 4.33. The van der Waals surface area contributed by atoms with Crippen LogP contribution < -0.4 is 5.73 Å². The zero-order chi connectivity index (χ0) is 13.0. The molecule has 1 aromatic rings. The maximum Gasteiger partial charge on any atom is 0.138 e. The molecule has 102 valence electrons. The Hall–Kier alpha value is -0.200. The first-order valence-electron chi connectivity index (χ1n) is 6.61. The van der Waals surface area contributed by atoms with E-state index in [1.54, 1.807) is 6.33 Å². The van der Waals surface area contributed by atoms with Crippen LogP contribution in [0.5, 0.6) is 0 Å². The topological polar surface area (TPSA) is 56.7 Å². The van der Waals surface area contributed by atoms with E-state index in [-0.39, 0.29) is 6.04 Å². The van der Waals surface area contributed by atoms with Gasteiger partial charge in [-0.1, -0.05) is 6.92 Å². The summed E-state index contributed by atoms with van der Waals surface area (Å²) in [6.07, 6.45) is 3.67. The molecule has 2 heterocycles. The van der Waals surface area contributed by atoms with Crippen molar-refractivity contribution < 1.29 is 0 Å². The van der Waals surface area contributed by atoms with Gasteiger partial charge in [-0.3, -0.25) is 4.68 Å². The number of hydrogen-bond donors (Lipinski definition) is 1. The number of nitrogens with zero attached hydrogens (tertiary/aromatic N) is 3. The second kappa shape index (κ2) is 6.82. The molecule has 0 saturated carbocycles. The number of hydrogen-bond acceptors (Lipinski definition) is 5. The first kappa shape index (κ1) is 14.2. The van der Waals surface area contributed by atoms with Crippen molar-refractivity contribution in [2.75, 3.05) is 11.5 Å². The highest BCUT2D eigenvalue weighted by atomic mass is 32.2. The molecule has 3 atom stereocenters. The van der Waals surface area contributed by atoms with E-state index >= 15 is 0 Å². The summed E-state index contributed by atoms with van der Waals surface area (Å²) >= 11 is 4.11. The summed E-state index contributed by atoms with van der Waals surface area (Å²) in [5.41, 5.74) is 6.41. The van der Waals surface area contributed by atoms with E-state index in [0.717, 1.165) is 18.8 Å². The Kier molecular flexibility index (Phi) is 5.38. The summed E-state index contributed by atoms with van der Waals surface area (Å²) in [7, 11) is 0. The molecular formula is C12H22N4S2. The summed E-state index contributed by atoms with van der Waals surface area (Å²) in [6.45, 7) is 5.22. The third-order valence-electron chi connectivity index (χ3n) is 3.33. The summed E-state index contributed by atoms with van der Waals surface area (Å²) < 4.78 is 1.95. The fourth-order valence-electron chi connectivity index (χ4n) is 2.37. The van der Waals surface area contributed by atoms with Crippen molar-refractivity contribution in [2.24, 2.45) is 5.73 Å².